The molecule has 0 saturated carbocycles. The molecule has 3 rings (SSSR count). The summed E-state index contributed by atoms with van der Waals surface area (Å²) in [7, 11) is 0. The molecule has 2 aromatic heterocycles. The molecule has 0 aliphatic carbocycles. The Morgan fingerprint density at radius 1 is 1.41 bits per heavy atom. The summed E-state index contributed by atoms with van der Waals surface area (Å²) in [4.78, 5) is 4.52. The maximum Gasteiger partial charge on any atom is 0.174 e. The number of halogens is 1. The molecule has 5 heteroatoms. The lowest BCUT2D eigenvalue weighted by Gasteiger charge is -2.19. The summed E-state index contributed by atoms with van der Waals surface area (Å²) in [5, 5.41) is 5.15. The molecule has 2 aromatic rings. The molecule has 1 saturated heterocycles. The predicted molar refractivity (Wildman–Crippen MR) is 71.8 cm³/mol. The minimum absolute atomic E-state index is 0.672. The SMILES string of the molecule is Clc1cccn2nc(CC3CCSCC3)nc12. The Labute approximate surface area is 110 Å². The third-order valence-corrected chi connectivity index (χ3v) is 4.51. The van der Waals surface area contributed by atoms with Crippen LogP contribution in [0.5, 0.6) is 0 Å². The topological polar surface area (TPSA) is 30.2 Å². The van der Waals surface area contributed by atoms with Crippen LogP contribution in [0.15, 0.2) is 18.3 Å². The molecular formula is C12H14ClN3S. The van der Waals surface area contributed by atoms with Gasteiger partial charge in [-0.1, -0.05) is 11.6 Å². The van der Waals surface area contributed by atoms with Gasteiger partial charge < -0.3 is 0 Å². The molecule has 3 nitrogen and oxygen atoms in total. The summed E-state index contributed by atoms with van der Waals surface area (Å²) in [6, 6.07) is 3.75. The van der Waals surface area contributed by atoms with E-state index >= 15 is 0 Å². The Morgan fingerprint density at radius 3 is 3.00 bits per heavy atom. The van der Waals surface area contributed by atoms with Gasteiger partial charge in [-0.25, -0.2) is 9.50 Å². The molecule has 3 heterocycles. The van der Waals surface area contributed by atoms with Gasteiger partial charge in [0.15, 0.2) is 11.5 Å². The smallest absolute Gasteiger partial charge is 0.174 e. The van der Waals surface area contributed by atoms with Crippen molar-refractivity contribution in [1.82, 2.24) is 14.6 Å². The van der Waals surface area contributed by atoms with E-state index in [1.807, 2.05) is 30.1 Å². The fourth-order valence-corrected chi connectivity index (χ4v) is 3.62. The van der Waals surface area contributed by atoms with Crippen molar-refractivity contribution in [1.29, 1.82) is 0 Å². The lowest BCUT2D eigenvalue weighted by Crippen LogP contribution is -2.13. The predicted octanol–water partition coefficient (Wildman–Crippen LogP) is 3.07. The molecule has 0 N–H and O–H groups in total. The van der Waals surface area contributed by atoms with E-state index in [2.05, 4.69) is 10.1 Å². The van der Waals surface area contributed by atoms with Crippen LogP contribution in [0.1, 0.15) is 18.7 Å². The Hall–Kier alpha value is -0.740. The molecule has 17 heavy (non-hydrogen) atoms. The van der Waals surface area contributed by atoms with Crippen molar-refractivity contribution in [2.24, 2.45) is 5.92 Å². The Bertz CT molecular complexity index is 519. The summed E-state index contributed by atoms with van der Waals surface area (Å²) < 4.78 is 1.77. The first-order chi connectivity index (χ1) is 8.33. The van der Waals surface area contributed by atoms with Crippen molar-refractivity contribution < 1.29 is 0 Å². The fourth-order valence-electron chi connectivity index (χ4n) is 2.21. The van der Waals surface area contributed by atoms with Gasteiger partial charge in [0.05, 0.1) is 5.02 Å². The van der Waals surface area contributed by atoms with Crippen molar-refractivity contribution >= 4 is 29.0 Å². The third-order valence-electron chi connectivity index (χ3n) is 3.17. The maximum atomic E-state index is 6.09. The highest BCUT2D eigenvalue weighted by Gasteiger charge is 2.17. The second-order valence-electron chi connectivity index (χ2n) is 4.41. The lowest BCUT2D eigenvalue weighted by atomic mass is 9.99. The first kappa shape index (κ1) is 11.4. The molecular weight excluding hydrogens is 254 g/mol. The Kier molecular flexibility index (Phi) is 3.25. The van der Waals surface area contributed by atoms with Crippen LogP contribution in [-0.2, 0) is 6.42 Å². The normalized spacial score (nSPS) is 17.7. The van der Waals surface area contributed by atoms with E-state index in [-0.39, 0.29) is 0 Å². The van der Waals surface area contributed by atoms with Crippen LogP contribution in [0.3, 0.4) is 0 Å². The maximum absolute atomic E-state index is 6.09. The molecule has 0 radical (unpaired) electrons. The molecule has 1 aliphatic rings. The minimum Gasteiger partial charge on any atom is -0.219 e. The van der Waals surface area contributed by atoms with Gasteiger partial charge in [0.1, 0.15) is 0 Å². The highest BCUT2D eigenvalue weighted by atomic mass is 35.5. The number of aromatic nitrogens is 3. The summed E-state index contributed by atoms with van der Waals surface area (Å²) in [5.74, 6) is 4.22. The number of thioether (sulfide) groups is 1. The lowest BCUT2D eigenvalue weighted by molar-refractivity contribution is 0.476. The zero-order valence-corrected chi connectivity index (χ0v) is 11.0. The number of rotatable bonds is 2. The first-order valence-corrected chi connectivity index (χ1v) is 7.44. The van der Waals surface area contributed by atoms with E-state index in [0.717, 1.165) is 23.8 Å². The van der Waals surface area contributed by atoms with Crippen LogP contribution >= 0.6 is 23.4 Å². The highest BCUT2D eigenvalue weighted by Crippen LogP contribution is 2.25. The van der Waals surface area contributed by atoms with Crippen LogP contribution in [0.25, 0.3) is 5.65 Å². The molecule has 0 bridgehead atoms. The summed E-state index contributed by atoms with van der Waals surface area (Å²) in [6.45, 7) is 0. The van der Waals surface area contributed by atoms with Gasteiger partial charge >= 0.3 is 0 Å². The molecule has 90 valence electrons. The average Bonchev–Trinajstić information content (AvgIpc) is 2.74. The molecule has 0 spiro atoms. The quantitative estimate of drug-likeness (QED) is 0.838. The number of nitrogens with zero attached hydrogens (tertiary/aromatic N) is 3. The van der Waals surface area contributed by atoms with Crippen LogP contribution in [0, 0.1) is 5.92 Å². The van der Waals surface area contributed by atoms with Crippen molar-refractivity contribution in [3.63, 3.8) is 0 Å². The number of hydrogen-bond donors (Lipinski definition) is 0. The van der Waals surface area contributed by atoms with Gasteiger partial charge in [-0.15, -0.1) is 0 Å². The Balaban J connectivity index is 1.83. The highest BCUT2D eigenvalue weighted by molar-refractivity contribution is 7.99. The molecule has 0 amide bonds. The zero-order valence-electron chi connectivity index (χ0n) is 9.47. The van der Waals surface area contributed by atoms with Gasteiger partial charge in [-0.3, -0.25) is 0 Å². The van der Waals surface area contributed by atoms with Gasteiger partial charge in [-0.2, -0.15) is 16.9 Å². The third kappa shape index (κ3) is 2.43. The van der Waals surface area contributed by atoms with Crippen LogP contribution < -0.4 is 0 Å². The van der Waals surface area contributed by atoms with Crippen molar-refractivity contribution in [3.05, 3.63) is 29.2 Å². The van der Waals surface area contributed by atoms with Crippen molar-refractivity contribution in [3.8, 4) is 0 Å². The standard InChI is InChI=1S/C12H14ClN3S/c13-10-2-1-5-16-12(10)14-11(15-16)8-9-3-6-17-7-4-9/h1-2,5,9H,3-4,6-8H2. The molecule has 1 aliphatic heterocycles. The van der Waals surface area contributed by atoms with E-state index in [0.29, 0.717) is 5.02 Å². The van der Waals surface area contributed by atoms with Gasteiger partial charge in [0.2, 0.25) is 0 Å². The van der Waals surface area contributed by atoms with Gasteiger partial charge in [-0.05, 0) is 42.4 Å². The molecule has 0 atom stereocenters. The molecule has 1 fully saturated rings. The summed E-state index contributed by atoms with van der Waals surface area (Å²) in [6.07, 6.45) is 5.45. The number of fused-ring (bicyclic) bond motifs is 1. The number of hydrogen-bond acceptors (Lipinski definition) is 3. The largest absolute Gasteiger partial charge is 0.219 e. The van der Waals surface area contributed by atoms with Crippen molar-refractivity contribution in [2.45, 2.75) is 19.3 Å². The first-order valence-electron chi connectivity index (χ1n) is 5.90. The second-order valence-corrected chi connectivity index (χ2v) is 6.04. The van der Waals surface area contributed by atoms with Crippen LogP contribution in [0.4, 0.5) is 0 Å². The molecule has 0 unspecified atom stereocenters. The van der Waals surface area contributed by atoms with E-state index < -0.39 is 0 Å². The van der Waals surface area contributed by atoms with E-state index in [1.165, 1.54) is 24.3 Å². The Morgan fingerprint density at radius 2 is 2.24 bits per heavy atom. The fraction of sp³-hybridized carbons (Fsp3) is 0.500. The average molecular weight is 268 g/mol. The second kappa shape index (κ2) is 4.86. The van der Waals surface area contributed by atoms with Crippen LogP contribution in [0.2, 0.25) is 5.02 Å². The van der Waals surface area contributed by atoms with E-state index in [9.17, 15) is 0 Å². The monoisotopic (exact) mass is 267 g/mol. The minimum atomic E-state index is 0.672. The summed E-state index contributed by atoms with van der Waals surface area (Å²) in [5.41, 5.74) is 0.773. The van der Waals surface area contributed by atoms with Crippen LogP contribution in [-0.4, -0.2) is 26.1 Å². The van der Waals surface area contributed by atoms with Crippen molar-refractivity contribution in [2.75, 3.05) is 11.5 Å². The van der Waals surface area contributed by atoms with E-state index in [4.69, 9.17) is 11.6 Å². The zero-order chi connectivity index (χ0) is 11.7. The molecule has 0 aromatic carbocycles. The van der Waals surface area contributed by atoms with Gasteiger partial charge in [0, 0.05) is 12.6 Å². The number of pyridine rings is 1. The summed E-state index contributed by atoms with van der Waals surface area (Å²) >= 11 is 8.14. The van der Waals surface area contributed by atoms with Gasteiger partial charge in [0.25, 0.3) is 0 Å². The van der Waals surface area contributed by atoms with E-state index in [1.54, 1.807) is 4.52 Å².